The van der Waals surface area contributed by atoms with Crippen LogP contribution in [0.1, 0.15) is 5.56 Å². The molecule has 1 aliphatic heterocycles. The van der Waals surface area contributed by atoms with Crippen molar-refractivity contribution in [2.75, 3.05) is 4.72 Å². The standard InChI is InChI=1S/C20H15F2NO5S/c21-20(22)27-18-11-6-15(12-19(18)28-20)23-29(24,25)17-9-7-16(8-10-17)26-13-14-4-2-1-3-5-14/h1-12,23H,13H2. The van der Waals surface area contributed by atoms with Gasteiger partial charge in [-0.2, -0.15) is 0 Å². The lowest BCUT2D eigenvalue weighted by Gasteiger charge is -2.10. The molecule has 0 atom stereocenters. The van der Waals surface area contributed by atoms with Crippen LogP contribution in [-0.2, 0) is 16.6 Å². The summed E-state index contributed by atoms with van der Waals surface area (Å²) in [5.74, 6) is 0.0934. The summed E-state index contributed by atoms with van der Waals surface area (Å²) >= 11 is 0. The van der Waals surface area contributed by atoms with Gasteiger partial charge in [-0.05, 0) is 42.0 Å². The van der Waals surface area contributed by atoms with E-state index >= 15 is 0 Å². The first-order chi connectivity index (χ1) is 13.8. The molecular weight excluding hydrogens is 404 g/mol. The maximum absolute atomic E-state index is 13.1. The number of hydrogen-bond donors (Lipinski definition) is 1. The van der Waals surface area contributed by atoms with Gasteiger partial charge in [0.15, 0.2) is 11.5 Å². The van der Waals surface area contributed by atoms with E-state index in [-0.39, 0.29) is 22.1 Å². The summed E-state index contributed by atoms with van der Waals surface area (Å²) in [7, 11) is -3.93. The maximum atomic E-state index is 13.1. The minimum atomic E-state index is -3.93. The Morgan fingerprint density at radius 1 is 0.897 bits per heavy atom. The van der Waals surface area contributed by atoms with Gasteiger partial charge in [-0.15, -0.1) is 8.78 Å². The highest BCUT2D eigenvalue weighted by atomic mass is 32.2. The molecule has 0 radical (unpaired) electrons. The van der Waals surface area contributed by atoms with Crippen LogP contribution in [-0.4, -0.2) is 14.7 Å². The van der Waals surface area contributed by atoms with Crippen molar-refractivity contribution in [1.82, 2.24) is 0 Å². The third-order valence-corrected chi connectivity index (χ3v) is 5.43. The van der Waals surface area contributed by atoms with E-state index in [1.54, 1.807) is 0 Å². The topological polar surface area (TPSA) is 73.9 Å². The molecular formula is C20H15F2NO5S. The van der Waals surface area contributed by atoms with Crippen molar-refractivity contribution in [3.8, 4) is 17.2 Å². The molecule has 0 saturated carbocycles. The predicted molar refractivity (Wildman–Crippen MR) is 101 cm³/mol. The zero-order valence-corrected chi connectivity index (χ0v) is 15.7. The van der Waals surface area contributed by atoms with Crippen LogP contribution in [0.5, 0.6) is 17.2 Å². The summed E-state index contributed by atoms with van der Waals surface area (Å²) < 4.78 is 67.8. The number of anilines is 1. The zero-order chi connectivity index (χ0) is 20.5. The number of benzene rings is 3. The zero-order valence-electron chi connectivity index (χ0n) is 14.8. The maximum Gasteiger partial charge on any atom is 0.586 e. The Balaban J connectivity index is 1.44. The normalized spacial score (nSPS) is 14.4. The lowest BCUT2D eigenvalue weighted by Crippen LogP contribution is -2.25. The molecule has 29 heavy (non-hydrogen) atoms. The van der Waals surface area contributed by atoms with E-state index in [9.17, 15) is 17.2 Å². The Hall–Kier alpha value is -3.33. The molecule has 1 heterocycles. The Kier molecular flexibility index (Phi) is 4.75. The van der Waals surface area contributed by atoms with Gasteiger partial charge in [0, 0.05) is 6.07 Å². The van der Waals surface area contributed by atoms with Crippen LogP contribution in [0.4, 0.5) is 14.5 Å². The van der Waals surface area contributed by atoms with Crippen LogP contribution in [0.2, 0.25) is 0 Å². The first kappa shape index (κ1) is 19.0. The average Bonchev–Trinajstić information content (AvgIpc) is 3.00. The van der Waals surface area contributed by atoms with E-state index in [1.807, 2.05) is 30.3 Å². The number of sulfonamides is 1. The fourth-order valence-electron chi connectivity index (χ4n) is 2.68. The molecule has 0 fully saturated rings. The van der Waals surface area contributed by atoms with E-state index < -0.39 is 16.3 Å². The van der Waals surface area contributed by atoms with Gasteiger partial charge in [0.25, 0.3) is 10.0 Å². The average molecular weight is 419 g/mol. The van der Waals surface area contributed by atoms with E-state index in [0.29, 0.717) is 12.4 Å². The third-order valence-electron chi connectivity index (χ3n) is 4.04. The van der Waals surface area contributed by atoms with Crippen molar-refractivity contribution >= 4 is 15.7 Å². The van der Waals surface area contributed by atoms with Crippen LogP contribution in [0.15, 0.2) is 77.7 Å². The van der Waals surface area contributed by atoms with Crippen LogP contribution in [0.3, 0.4) is 0 Å². The number of alkyl halides is 2. The Bertz CT molecular complexity index is 1120. The van der Waals surface area contributed by atoms with Crippen molar-refractivity contribution in [2.45, 2.75) is 17.8 Å². The number of hydrogen-bond acceptors (Lipinski definition) is 5. The molecule has 0 bridgehead atoms. The van der Waals surface area contributed by atoms with E-state index in [0.717, 1.165) is 11.6 Å². The number of rotatable bonds is 6. The van der Waals surface area contributed by atoms with Crippen molar-refractivity contribution < 1.29 is 31.4 Å². The monoisotopic (exact) mass is 419 g/mol. The van der Waals surface area contributed by atoms with Crippen LogP contribution >= 0.6 is 0 Å². The molecule has 150 valence electrons. The second-order valence-corrected chi connectivity index (χ2v) is 7.86. The fraction of sp³-hybridized carbons (Fsp3) is 0.100. The van der Waals surface area contributed by atoms with Gasteiger partial charge >= 0.3 is 6.29 Å². The van der Waals surface area contributed by atoms with Gasteiger partial charge in [0.1, 0.15) is 12.4 Å². The van der Waals surface area contributed by atoms with Crippen LogP contribution in [0.25, 0.3) is 0 Å². The molecule has 9 heteroatoms. The highest BCUT2D eigenvalue weighted by molar-refractivity contribution is 7.92. The van der Waals surface area contributed by atoms with Crippen molar-refractivity contribution in [3.63, 3.8) is 0 Å². The SMILES string of the molecule is O=S(=O)(Nc1ccc2c(c1)OC(F)(F)O2)c1ccc(OCc2ccccc2)cc1. The van der Waals surface area contributed by atoms with Gasteiger partial charge in [-0.25, -0.2) is 8.42 Å². The molecule has 1 aliphatic rings. The predicted octanol–water partition coefficient (Wildman–Crippen LogP) is 4.39. The van der Waals surface area contributed by atoms with E-state index in [2.05, 4.69) is 14.2 Å². The largest absolute Gasteiger partial charge is 0.586 e. The van der Waals surface area contributed by atoms with Crippen molar-refractivity contribution in [3.05, 3.63) is 78.4 Å². The third kappa shape index (κ3) is 4.40. The summed E-state index contributed by atoms with van der Waals surface area (Å²) in [5.41, 5.74) is 1.05. The summed E-state index contributed by atoms with van der Waals surface area (Å²) in [5, 5.41) is 0. The smallest absolute Gasteiger partial charge is 0.489 e. The second-order valence-electron chi connectivity index (χ2n) is 6.18. The van der Waals surface area contributed by atoms with Gasteiger partial charge in [-0.3, -0.25) is 4.72 Å². The highest BCUT2D eigenvalue weighted by Gasteiger charge is 2.43. The van der Waals surface area contributed by atoms with Crippen molar-refractivity contribution in [2.24, 2.45) is 0 Å². The summed E-state index contributed by atoms with van der Waals surface area (Å²) in [6.45, 7) is 0.354. The Labute approximate surface area is 165 Å². The molecule has 6 nitrogen and oxygen atoms in total. The number of halogens is 2. The fourth-order valence-corrected chi connectivity index (χ4v) is 3.73. The first-order valence-corrected chi connectivity index (χ1v) is 9.99. The van der Waals surface area contributed by atoms with E-state index in [1.165, 1.54) is 36.4 Å². The number of ether oxygens (including phenoxy) is 3. The molecule has 3 aromatic rings. The first-order valence-electron chi connectivity index (χ1n) is 8.50. The quantitative estimate of drug-likeness (QED) is 0.642. The van der Waals surface area contributed by atoms with Crippen LogP contribution < -0.4 is 18.9 Å². The molecule has 4 rings (SSSR count). The van der Waals surface area contributed by atoms with Gasteiger partial charge in [0.2, 0.25) is 0 Å². The number of nitrogens with one attached hydrogen (secondary N) is 1. The minimum Gasteiger partial charge on any atom is -0.489 e. The lowest BCUT2D eigenvalue weighted by atomic mass is 10.2. The second kappa shape index (κ2) is 7.25. The van der Waals surface area contributed by atoms with E-state index in [4.69, 9.17) is 4.74 Å². The summed E-state index contributed by atoms with van der Waals surface area (Å²) in [6, 6.07) is 19.0. The summed E-state index contributed by atoms with van der Waals surface area (Å²) in [4.78, 5) is -0.00689. The van der Waals surface area contributed by atoms with Crippen LogP contribution in [0, 0.1) is 0 Å². The molecule has 1 N–H and O–H groups in total. The highest BCUT2D eigenvalue weighted by Crippen LogP contribution is 2.42. The molecule has 0 spiro atoms. The summed E-state index contributed by atoms with van der Waals surface area (Å²) in [6.07, 6.45) is -3.77. The minimum absolute atomic E-state index is 0.00689. The molecule has 0 saturated heterocycles. The molecule has 0 amide bonds. The molecule has 0 unspecified atom stereocenters. The molecule has 0 aliphatic carbocycles. The number of fused-ring (bicyclic) bond motifs is 1. The van der Waals surface area contributed by atoms with Gasteiger partial charge in [-0.1, -0.05) is 30.3 Å². The molecule has 3 aromatic carbocycles. The lowest BCUT2D eigenvalue weighted by molar-refractivity contribution is -0.286. The molecule has 0 aromatic heterocycles. The van der Waals surface area contributed by atoms with Crippen molar-refractivity contribution in [1.29, 1.82) is 0 Å². The van der Waals surface area contributed by atoms with Gasteiger partial charge < -0.3 is 14.2 Å². The Morgan fingerprint density at radius 3 is 2.31 bits per heavy atom. The Morgan fingerprint density at radius 2 is 1.59 bits per heavy atom. The van der Waals surface area contributed by atoms with Gasteiger partial charge in [0.05, 0.1) is 10.6 Å².